The lowest BCUT2D eigenvalue weighted by Crippen LogP contribution is -2.35. The van der Waals surface area contributed by atoms with Gasteiger partial charge in [0.05, 0.1) is 5.69 Å². The van der Waals surface area contributed by atoms with Gasteiger partial charge in [0, 0.05) is 40.5 Å². The maximum atomic E-state index is 11.2. The van der Waals surface area contributed by atoms with Crippen LogP contribution in [0.25, 0.3) is 0 Å². The number of rotatable bonds is 12. The number of hydrogen-bond acceptors (Lipinski definition) is 6. The van der Waals surface area contributed by atoms with Crippen LogP contribution in [-0.4, -0.2) is 58.1 Å². The highest BCUT2D eigenvalue weighted by atomic mass is 35.5. The standard InChI is InChI=1S/C19H29ClN2O4.C6H10.2C2H6/c1-24-19(25-2)5-3-4-12-26-14-15-8-10-22(11-9-15)17-6-7-18(20)21-16(17)13-23;1-4-5-6(2)3;2*1-2/h6-7,13,15,19H,3-5,8-12,14H2,1-2H3;4-5H,1H2,2-3H3;2*1-2H3. The van der Waals surface area contributed by atoms with Crippen molar-refractivity contribution in [3.05, 3.63) is 47.3 Å². The molecule has 0 aliphatic carbocycles. The lowest BCUT2D eigenvalue weighted by Gasteiger charge is -2.33. The van der Waals surface area contributed by atoms with E-state index < -0.39 is 0 Å². The number of carbonyl (C=O) groups excluding carboxylic acids is 1. The van der Waals surface area contributed by atoms with E-state index in [1.165, 1.54) is 5.57 Å². The van der Waals surface area contributed by atoms with Crippen LogP contribution < -0.4 is 4.90 Å². The molecule has 1 aliphatic heterocycles. The van der Waals surface area contributed by atoms with E-state index in [-0.39, 0.29) is 6.29 Å². The largest absolute Gasteiger partial charge is 0.381 e. The number of aromatic nitrogens is 1. The number of halogens is 1. The number of hydrogen-bond donors (Lipinski definition) is 0. The number of carbonyl (C=O) groups is 1. The Kier molecular flexibility index (Phi) is 25.2. The summed E-state index contributed by atoms with van der Waals surface area (Å²) in [6.45, 7) is 19.0. The Hall–Kier alpha value is -1.73. The summed E-state index contributed by atoms with van der Waals surface area (Å²) in [7, 11) is 3.32. The first kappa shape index (κ1) is 36.4. The second kappa shape index (κ2) is 24.9. The summed E-state index contributed by atoms with van der Waals surface area (Å²) in [6.07, 6.45) is 9.46. The van der Waals surface area contributed by atoms with E-state index in [4.69, 9.17) is 25.8 Å². The fraction of sp³-hybridized carbons (Fsp3) is 0.655. The summed E-state index contributed by atoms with van der Waals surface area (Å²) < 4.78 is 16.2. The molecule has 1 aliphatic rings. The molecule has 7 heteroatoms. The zero-order valence-corrected chi connectivity index (χ0v) is 24.8. The molecule has 0 atom stereocenters. The molecule has 0 radical (unpaired) electrons. The van der Waals surface area contributed by atoms with Crippen LogP contribution in [-0.2, 0) is 14.2 Å². The van der Waals surface area contributed by atoms with Gasteiger partial charge in [0.15, 0.2) is 12.6 Å². The Balaban J connectivity index is 0. The molecule has 0 unspecified atom stereocenters. The second-order valence-electron chi connectivity index (χ2n) is 8.04. The van der Waals surface area contributed by atoms with Crippen LogP contribution in [0.2, 0.25) is 5.15 Å². The van der Waals surface area contributed by atoms with E-state index in [2.05, 4.69) is 16.5 Å². The highest BCUT2D eigenvalue weighted by Crippen LogP contribution is 2.26. The topological polar surface area (TPSA) is 60.9 Å². The molecular weight excluding hydrogens is 476 g/mol. The van der Waals surface area contributed by atoms with E-state index in [9.17, 15) is 4.79 Å². The minimum absolute atomic E-state index is 0.113. The number of ether oxygens (including phenoxy) is 3. The number of pyridine rings is 1. The minimum atomic E-state index is -0.113. The molecule has 0 spiro atoms. The van der Waals surface area contributed by atoms with Gasteiger partial charge in [-0.1, -0.05) is 63.6 Å². The molecule has 1 aromatic heterocycles. The fourth-order valence-electron chi connectivity index (χ4n) is 3.47. The predicted molar refractivity (Wildman–Crippen MR) is 154 cm³/mol. The molecular formula is C29H51ClN2O4. The molecule has 0 amide bonds. The van der Waals surface area contributed by atoms with Crippen LogP contribution in [0.5, 0.6) is 0 Å². The van der Waals surface area contributed by atoms with Crippen LogP contribution in [0.3, 0.4) is 0 Å². The van der Waals surface area contributed by atoms with Gasteiger partial charge >= 0.3 is 0 Å². The molecule has 0 N–H and O–H groups in total. The normalized spacial score (nSPS) is 12.8. The first-order valence-electron chi connectivity index (χ1n) is 13.2. The van der Waals surface area contributed by atoms with Crippen LogP contribution in [0, 0.1) is 5.92 Å². The van der Waals surface area contributed by atoms with E-state index in [0.29, 0.717) is 16.8 Å². The van der Waals surface area contributed by atoms with Gasteiger partial charge < -0.3 is 19.1 Å². The van der Waals surface area contributed by atoms with Crippen molar-refractivity contribution in [3.63, 3.8) is 0 Å². The Morgan fingerprint density at radius 3 is 2.22 bits per heavy atom. The van der Waals surface area contributed by atoms with Crippen molar-refractivity contribution in [1.29, 1.82) is 0 Å². The molecule has 36 heavy (non-hydrogen) atoms. The number of nitrogens with zero attached hydrogens (tertiary/aromatic N) is 2. The molecule has 1 aromatic rings. The molecule has 208 valence electrons. The summed E-state index contributed by atoms with van der Waals surface area (Å²) in [5, 5.41) is 0.349. The molecule has 2 heterocycles. The van der Waals surface area contributed by atoms with Gasteiger partial charge in [-0.25, -0.2) is 4.98 Å². The molecule has 0 bridgehead atoms. The lowest BCUT2D eigenvalue weighted by atomic mass is 9.97. The number of piperidine rings is 1. The number of allylic oxidation sites excluding steroid dienone is 3. The van der Waals surface area contributed by atoms with E-state index >= 15 is 0 Å². The van der Waals surface area contributed by atoms with Gasteiger partial charge in [0.2, 0.25) is 0 Å². The van der Waals surface area contributed by atoms with Crippen molar-refractivity contribution in [1.82, 2.24) is 4.98 Å². The maximum absolute atomic E-state index is 11.2. The summed E-state index contributed by atoms with van der Waals surface area (Å²) in [5.41, 5.74) is 2.58. The van der Waals surface area contributed by atoms with E-state index in [1.807, 2.05) is 53.7 Å². The van der Waals surface area contributed by atoms with Crippen molar-refractivity contribution in [3.8, 4) is 0 Å². The van der Waals surface area contributed by atoms with Crippen LogP contribution >= 0.6 is 11.6 Å². The quantitative estimate of drug-likeness (QED) is 0.0911. The average Bonchev–Trinajstić information content (AvgIpc) is 2.91. The zero-order chi connectivity index (χ0) is 27.8. The van der Waals surface area contributed by atoms with Crippen molar-refractivity contribution >= 4 is 23.6 Å². The molecule has 6 nitrogen and oxygen atoms in total. The third-order valence-corrected chi connectivity index (χ3v) is 5.45. The summed E-state index contributed by atoms with van der Waals surface area (Å²) in [6, 6.07) is 3.61. The van der Waals surface area contributed by atoms with Crippen LogP contribution in [0.4, 0.5) is 5.69 Å². The van der Waals surface area contributed by atoms with Crippen LogP contribution in [0.15, 0.2) is 36.4 Å². The highest BCUT2D eigenvalue weighted by molar-refractivity contribution is 6.29. The number of methoxy groups -OCH3 is 2. The Labute approximate surface area is 226 Å². The van der Waals surface area contributed by atoms with Crippen molar-refractivity contribution in [2.24, 2.45) is 5.92 Å². The van der Waals surface area contributed by atoms with Gasteiger partial charge in [-0.3, -0.25) is 4.79 Å². The predicted octanol–water partition coefficient (Wildman–Crippen LogP) is 7.76. The SMILES string of the molecule is C=CC=C(C)C.CC.CC.COC(CCCCOCC1CCN(c2ccc(Cl)nc2C=O)CC1)OC. The molecule has 1 fully saturated rings. The lowest BCUT2D eigenvalue weighted by molar-refractivity contribution is -0.107. The van der Waals surface area contributed by atoms with Gasteiger partial charge in [-0.15, -0.1) is 0 Å². The van der Waals surface area contributed by atoms with Gasteiger partial charge in [0.25, 0.3) is 0 Å². The molecule has 2 rings (SSSR count). The third-order valence-electron chi connectivity index (χ3n) is 5.24. The monoisotopic (exact) mass is 526 g/mol. The number of anilines is 1. The number of aldehydes is 1. The average molecular weight is 527 g/mol. The van der Waals surface area contributed by atoms with Gasteiger partial charge in [-0.2, -0.15) is 0 Å². The van der Waals surface area contributed by atoms with Crippen molar-refractivity contribution in [2.75, 3.05) is 45.4 Å². The summed E-state index contributed by atoms with van der Waals surface area (Å²) >= 11 is 5.87. The molecule has 0 saturated carbocycles. The van der Waals surface area contributed by atoms with E-state index in [1.54, 1.807) is 26.4 Å². The maximum Gasteiger partial charge on any atom is 0.170 e. The second-order valence-corrected chi connectivity index (χ2v) is 8.43. The molecule has 1 saturated heterocycles. The van der Waals surface area contributed by atoms with Gasteiger partial charge in [0.1, 0.15) is 10.8 Å². The highest BCUT2D eigenvalue weighted by Gasteiger charge is 2.21. The third kappa shape index (κ3) is 16.9. The number of unbranched alkanes of at least 4 members (excludes halogenated alkanes) is 1. The zero-order valence-electron chi connectivity index (χ0n) is 24.0. The van der Waals surface area contributed by atoms with Gasteiger partial charge in [-0.05, 0) is 64.0 Å². The van der Waals surface area contributed by atoms with E-state index in [0.717, 1.165) is 70.4 Å². The Bertz CT molecular complexity index is 697. The fourth-order valence-corrected chi connectivity index (χ4v) is 3.62. The van der Waals surface area contributed by atoms with Crippen molar-refractivity contribution in [2.45, 2.75) is 79.9 Å². The van der Waals surface area contributed by atoms with Crippen molar-refractivity contribution < 1.29 is 19.0 Å². The smallest absolute Gasteiger partial charge is 0.170 e. The first-order valence-corrected chi connectivity index (χ1v) is 13.6. The summed E-state index contributed by atoms with van der Waals surface area (Å²) in [5.74, 6) is 0.567. The minimum Gasteiger partial charge on any atom is -0.381 e. The summed E-state index contributed by atoms with van der Waals surface area (Å²) in [4.78, 5) is 17.5. The molecule has 0 aromatic carbocycles. The van der Waals surface area contributed by atoms with Crippen LogP contribution in [0.1, 0.15) is 84.1 Å². The Morgan fingerprint density at radius 1 is 1.14 bits per heavy atom. The first-order chi connectivity index (χ1) is 17.4. The Morgan fingerprint density at radius 2 is 1.75 bits per heavy atom.